The summed E-state index contributed by atoms with van der Waals surface area (Å²) in [6.07, 6.45) is 1.96. The van der Waals surface area contributed by atoms with Crippen LogP contribution in [0.5, 0.6) is 0 Å². The van der Waals surface area contributed by atoms with Crippen molar-refractivity contribution >= 4 is 17.1 Å². The van der Waals surface area contributed by atoms with E-state index < -0.39 is 0 Å². The number of anilines is 2. The van der Waals surface area contributed by atoms with Gasteiger partial charge in [-0.3, -0.25) is 0 Å². The molecule has 0 spiro atoms. The number of methoxy groups -OCH3 is 2. The minimum Gasteiger partial charge on any atom is -0.397 e. The second-order valence-corrected chi connectivity index (χ2v) is 7.77. The molecule has 31 heavy (non-hydrogen) atoms. The maximum Gasteiger partial charge on any atom is 0.135 e. The fourth-order valence-corrected chi connectivity index (χ4v) is 3.01. The van der Waals surface area contributed by atoms with Gasteiger partial charge >= 0.3 is 0 Å². The third kappa shape index (κ3) is 7.96. The molecular formula is C25H40N4O2. The first-order valence-electron chi connectivity index (χ1n) is 11.0. The number of nitrogens with zero attached hydrogens (tertiary/aromatic N) is 2. The number of hydrogen-bond acceptors (Lipinski definition) is 6. The van der Waals surface area contributed by atoms with E-state index in [0.717, 1.165) is 59.0 Å². The van der Waals surface area contributed by atoms with Crippen molar-refractivity contribution in [1.82, 2.24) is 9.97 Å². The normalized spacial score (nSPS) is 10.6. The monoisotopic (exact) mass is 428 g/mol. The number of nitrogens with two attached hydrogens (primary N) is 1. The van der Waals surface area contributed by atoms with E-state index in [0.29, 0.717) is 24.8 Å². The van der Waals surface area contributed by atoms with Crippen molar-refractivity contribution in [3.63, 3.8) is 0 Å². The van der Waals surface area contributed by atoms with Crippen LogP contribution in [0.15, 0.2) is 24.8 Å². The van der Waals surface area contributed by atoms with Gasteiger partial charge in [-0.1, -0.05) is 34.3 Å². The number of nitrogen functional groups attached to an aromatic ring is 1. The third-order valence-electron chi connectivity index (χ3n) is 4.69. The predicted octanol–water partition coefficient (Wildman–Crippen LogP) is 5.55. The van der Waals surface area contributed by atoms with Crippen molar-refractivity contribution in [3.8, 4) is 11.3 Å². The molecule has 0 aromatic carbocycles. The summed E-state index contributed by atoms with van der Waals surface area (Å²) < 4.78 is 9.85. The Hall–Kier alpha value is -2.44. The molecule has 0 radical (unpaired) electrons. The molecule has 0 unspecified atom stereocenters. The van der Waals surface area contributed by atoms with Crippen LogP contribution in [0.4, 0.5) is 11.5 Å². The summed E-state index contributed by atoms with van der Waals surface area (Å²) >= 11 is 0. The summed E-state index contributed by atoms with van der Waals surface area (Å²) in [5.74, 6) is 1.18. The fraction of sp³-hybridized carbons (Fsp3) is 0.520. The van der Waals surface area contributed by atoms with Gasteiger partial charge in [-0.05, 0) is 55.0 Å². The molecule has 0 amide bonds. The molecule has 6 heteroatoms. The van der Waals surface area contributed by atoms with Gasteiger partial charge in [0.25, 0.3) is 0 Å². The predicted molar refractivity (Wildman–Crippen MR) is 133 cm³/mol. The molecule has 2 aromatic heterocycles. The first kappa shape index (κ1) is 26.6. The van der Waals surface area contributed by atoms with Gasteiger partial charge in [0.2, 0.25) is 0 Å². The van der Waals surface area contributed by atoms with Gasteiger partial charge < -0.3 is 20.5 Å². The van der Waals surface area contributed by atoms with Crippen LogP contribution in [-0.2, 0) is 15.9 Å². The van der Waals surface area contributed by atoms with Gasteiger partial charge in [0.1, 0.15) is 5.82 Å². The van der Waals surface area contributed by atoms with Crippen molar-refractivity contribution < 1.29 is 9.47 Å². The van der Waals surface area contributed by atoms with Crippen LogP contribution in [0.1, 0.15) is 63.9 Å². The van der Waals surface area contributed by atoms with Gasteiger partial charge in [0.15, 0.2) is 0 Å². The van der Waals surface area contributed by atoms with Crippen LogP contribution in [0.25, 0.3) is 16.8 Å². The van der Waals surface area contributed by atoms with E-state index in [1.165, 1.54) is 0 Å². The molecule has 2 aromatic rings. The summed E-state index contributed by atoms with van der Waals surface area (Å²) in [5.41, 5.74) is 12.5. The highest BCUT2D eigenvalue weighted by Gasteiger charge is 2.16. The average Bonchev–Trinajstić information content (AvgIpc) is 2.74. The lowest BCUT2D eigenvalue weighted by atomic mass is 10.00. The fourth-order valence-electron chi connectivity index (χ4n) is 3.01. The van der Waals surface area contributed by atoms with E-state index >= 15 is 0 Å². The molecule has 0 aliphatic carbocycles. The first-order valence-corrected chi connectivity index (χ1v) is 11.0. The van der Waals surface area contributed by atoms with Crippen LogP contribution >= 0.6 is 0 Å². The molecule has 0 bridgehead atoms. The molecule has 0 saturated heterocycles. The summed E-state index contributed by atoms with van der Waals surface area (Å²) in [4.78, 5) is 9.67. The lowest BCUT2D eigenvalue weighted by Gasteiger charge is -2.17. The van der Waals surface area contributed by atoms with Gasteiger partial charge in [0.05, 0.1) is 23.7 Å². The summed E-state index contributed by atoms with van der Waals surface area (Å²) in [7, 11) is 3.40. The highest BCUT2D eigenvalue weighted by Crippen LogP contribution is 2.33. The van der Waals surface area contributed by atoms with Crippen LogP contribution < -0.4 is 11.1 Å². The summed E-state index contributed by atoms with van der Waals surface area (Å²) in [6, 6.07) is 6.17. The lowest BCUT2D eigenvalue weighted by Crippen LogP contribution is -2.12. The molecule has 3 N–H and O–H groups in total. The van der Waals surface area contributed by atoms with Gasteiger partial charge in [-0.2, -0.15) is 0 Å². The molecule has 2 rings (SSSR count). The van der Waals surface area contributed by atoms with Crippen molar-refractivity contribution in [3.05, 3.63) is 41.7 Å². The first-order chi connectivity index (χ1) is 14.8. The minimum atomic E-state index is 0.350. The van der Waals surface area contributed by atoms with E-state index in [4.69, 9.17) is 25.2 Å². The quantitative estimate of drug-likeness (QED) is 0.483. The third-order valence-corrected chi connectivity index (χ3v) is 4.69. The number of nitrogens with one attached hydrogen (secondary N) is 1. The van der Waals surface area contributed by atoms with Crippen molar-refractivity contribution in [2.75, 3.05) is 45.0 Å². The SMILES string of the molecule is C=C(C)c1nc(-c2ccc(C(C)C)nc2NCCOC)c(CC)cc1N.CCCOC. The summed E-state index contributed by atoms with van der Waals surface area (Å²) in [6.45, 7) is 16.6. The number of hydrogen-bond donors (Lipinski definition) is 2. The zero-order chi connectivity index (χ0) is 23.4. The average molecular weight is 429 g/mol. The molecular weight excluding hydrogens is 388 g/mol. The van der Waals surface area contributed by atoms with E-state index in [1.54, 1.807) is 14.2 Å². The second kappa shape index (κ2) is 13.8. The lowest BCUT2D eigenvalue weighted by molar-refractivity contribution is 0.199. The number of aryl methyl sites for hydroxylation is 1. The Morgan fingerprint density at radius 3 is 2.29 bits per heavy atom. The Morgan fingerprint density at radius 2 is 1.81 bits per heavy atom. The van der Waals surface area contributed by atoms with Gasteiger partial charge in [-0.15, -0.1) is 0 Å². The van der Waals surface area contributed by atoms with Crippen LogP contribution in [0.2, 0.25) is 0 Å². The molecule has 0 aliphatic heterocycles. The molecule has 2 heterocycles. The summed E-state index contributed by atoms with van der Waals surface area (Å²) in [5, 5.41) is 3.39. The van der Waals surface area contributed by atoms with E-state index in [2.05, 4.69) is 51.7 Å². The zero-order valence-corrected chi connectivity index (χ0v) is 20.3. The van der Waals surface area contributed by atoms with Gasteiger partial charge in [-0.25, -0.2) is 9.97 Å². The molecule has 6 nitrogen and oxygen atoms in total. The van der Waals surface area contributed by atoms with E-state index in [9.17, 15) is 0 Å². The Bertz CT molecular complexity index is 833. The van der Waals surface area contributed by atoms with Crippen LogP contribution in [0.3, 0.4) is 0 Å². The number of rotatable bonds is 10. The van der Waals surface area contributed by atoms with E-state index in [-0.39, 0.29) is 0 Å². The van der Waals surface area contributed by atoms with Gasteiger partial charge in [0, 0.05) is 38.6 Å². The largest absolute Gasteiger partial charge is 0.397 e. The molecule has 0 saturated carbocycles. The maximum atomic E-state index is 6.17. The standard InChI is InChI=1S/C21H30N4O.C4H10O/c1-7-15-12-17(22)19(14(4)5)25-20(15)16-8-9-18(13(2)3)24-21(16)23-10-11-26-6;1-3-4-5-2/h8-9,12-13H,4,7,10-11,22H2,1-3,5-6H3,(H,23,24);3-4H2,1-2H3. The van der Waals surface area contributed by atoms with Crippen molar-refractivity contribution in [1.29, 1.82) is 0 Å². The smallest absolute Gasteiger partial charge is 0.135 e. The van der Waals surface area contributed by atoms with Crippen molar-refractivity contribution in [2.24, 2.45) is 0 Å². The topological polar surface area (TPSA) is 82.3 Å². The van der Waals surface area contributed by atoms with Crippen molar-refractivity contribution in [2.45, 2.75) is 53.4 Å². The second-order valence-electron chi connectivity index (χ2n) is 7.77. The van der Waals surface area contributed by atoms with Crippen LogP contribution in [0, 0.1) is 0 Å². The Morgan fingerprint density at radius 1 is 1.13 bits per heavy atom. The molecule has 172 valence electrons. The number of pyridine rings is 2. The van der Waals surface area contributed by atoms with E-state index in [1.807, 2.05) is 13.0 Å². The number of allylic oxidation sites excluding steroid dienone is 1. The number of ether oxygens (including phenoxy) is 2. The van der Waals surface area contributed by atoms with Crippen LogP contribution in [-0.4, -0.2) is 43.9 Å². The number of aromatic nitrogens is 2. The maximum absolute atomic E-state index is 6.17. The Labute approximate surface area is 188 Å². The Balaban J connectivity index is 0.000000861. The molecule has 0 aliphatic rings. The highest BCUT2D eigenvalue weighted by atomic mass is 16.5. The molecule has 0 fully saturated rings. The Kier molecular flexibility index (Phi) is 11.8. The molecule has 0 atom stereocenters. The minimum absolute atomic E-state index is 0.350. The highest BCUT2D eigenvalue weighted by molar-refractivity contribution is 5.80. The zero-order valence-electron chi connectivity index (χ0n) is 20.3.